The Labute approximate surface area is 184 Å². The van der Waals surface area contributed by atoms with Crippen molar-refractivity contribution in [2.75, 3.05) is 7.11 Å². The van der Waals surface area contributed by atoms with Crippen LogP contribution < -0.4 is 4.74 Å². The highest BCUT2D eigenvalue weighted by molar-refractivity contribution is 9.10. The molecule has 0 aliphatic rings. The second-order valence-electron chi connectivity index (χ2n) is 7.23. The molecule has 0 atom stereocenters. The van der Waals surface area contributed by atoms with E-state index in [0.717, 1.165) is 21.3 Å². The van der Waals surface area contributed by atoms with E-state index in [1.807, 2.05) is 31.2 Å². The molecule has 3 aromatic heterocycles. The van der Waals surface area contributed by atoms with Crippen molar-refractivity contribution in [2.45, 2.75) is 33.5 Å². The van der Waals surface area contributed by atoms with Crippen molar-refractivity contribution in [1.29, 1.82) is 0 Å². The highest BCUT2D eigenvalue weighted by Crippen LogP contribution is 2.32. The Hall–Kier alpha value is -2.88. The summed E-state index contributed by atoms with van der Waals surface area (Å²) in [6, 6.07) is 8.92. The van der Waals surface area contributed by atoms with Gasteiger partial charge in [0.2, 0.25) is 0 Å². The summed E-state index contributed by atoms with van der Waals surface area (Å²) in [7, 11) is 1.55. The monoisotopic (exact) mass is 493 g/mol. The van der Waals surface area contributed by atoms with Gasteiger partial charge in [0.05, 0.1) is 19.3 Å². The van der Waals surface area contributed by atoms with E-state index in [1.54, 1.807) is 31.4 Å². The molecule has 0 spiro atoms. The van der Waals surface area contributed by atoms with Gasteiger partial charge in [-0.2, -0.15) is 13.2 Å². The third-order valence-corrected chi connectivity index (χ3v) is 6.31. The minimum Gasteiger partial charge on any atom is -0.497 e. The van der Waals surface area contributed by atoms with E-state index < -0.39 is 12.0 Å². The number of pyridine rings is 1. The van der Waals surface area contributed by atoms with Crippen LogP contribution in [0.15, 0.2) is 34.8 Å². The van der Waals surface area contributed by atoms with Crippen molar-refractivity contribution in [3.8, 4) is 17.3 Å². The molecule has 0 N–H and O–H groups in total. The number of halogens is 4. The summed E-state index contributed by atoms with van der Waals surface area (Å²) in [5.41, 5.74) is 4.33. The van der Waals surface area contributed by atoms with Crippen LogP contribution in [0.2, 0.25) is 0 Å². The Kier molecular flexibility index (Phi) is 5.28. The zero-order chi connectivity index (χ0) is 22.5. The first-order valence-corrected chi connectivity index (χ1v) is 10.2. The van der Waals surface area contributed by atoms with E-state index in [4.69, 9.17) is 4.74 Å². The number of imidazole rings is 1. The molecule has 0 fully saturated rings. The molecule has 1 aromatic carbocycles. The maximum absolute atomic E-state index is 13.4. The summed E-state index contributed by atoms with van der Waals surface area (Å²) >= 11 is 3.56. The van der Waals surface area contributed by atoms with Crippen LogP contribution in [-0.4, -0.2) is 31.3 Å². The predicted molar refractivity (Wildman–Crippen MR) is 113 cm³/mol. The van der Waals surface area contributed by atoms with Crippen LogP contribution in [0.1, 0.15) is 28.3 Å². The van der Waals surface area contributed by atoms with Crippen LogP contribution >= 0.6 is 15.9 Å². The average molecular weight is 494 g/mol. The van der Waals surface area contributed by atoms with Crippen LogP contribution in [-0.2, 0) is 12.7 Å². The Morgan fingerprint density at radius 2 is 1.71 bits per heavy atom. The van der Waals surface area contributed by atoms with E-state index in [2.05, 4.69) is 31.0 Å². The third-order valence-electron chi connectivity index (χ3n) is 5.11. The van der Waals surface area contributed by atoms with Gasteiger partial charge in [-0.15, -0.1) is 5.10 Å². The number of ether oxygens (including phenoxy) is 1. The molecule has 4 rings (SSSR count). The van der Waals surface area contributed by atoms with Gasteiger partial charge in [0.25, 0.3) is 5.82 Å². The topological polar surface area (TPSA) is 57.2 Å². The van der Waals surface area contributed by atoms with E-state index >= 15 is 0 Å². The van der Waals surface area contributed by atoms with Gasteiger partial charge in [0, 0.05) is 10.2 Å². The maximum atomic E-state index is 13.4. The van der Waals surface area contributed by atoms with Gasteiger partial charge in [0.15, 0.2) is 5.82 Å². The molecule has 3 heterocycles. The van der Waals surface area contributed by atoms with Crippen LogP contribution in [0.5, 0.6) is 5.75 Å². The molecular weight excluding hydrogens is 475 g/mol. The number of alkyl halides is 3. The van der Waals surface area contributed by atoms with Gasteiger partial charge in [-0.05, 0) is 66.0 Å². The molecular formula is C21H19BrF3N5O. The van der Waals surface area contributed by atoms with Gasteiger partial charge in [-0.3, -0.25) is 4.40 Å². The van der Waals surface area contributed by atoms with Gasteiger partial charge in [-0.25, -0.2) is 14.6 Å². The molecule has 10 heteroatoms. The van der Waals surface area contributed by atoms with E-state index in [-0.39, 0.29) is 12.4 Å². The van der Waals surface area contributed by atoms with Crippen molar-refractivity contribution < 1.29 is 17.9 Å². The molecule has 0 aliphatic carbocycles. The van der Waals surface area contributed by atoms with Crippen molar-refractivity contribution in [3.05, 3.63) is 63.1 Å². The number of methoxy groups -OCH3 is 1. The lowest BCUT2D eigenvalue weighted by molar-refractivity contribution is -0.144. The van der Waals surface area contributed by atoms with E-state index in [0.29, 0.717) is 22.8 Å². The minimum atomic E-state index is -4.66. The van der Waals surface area contributed by atoms with Gasteiger partial charge in [0.1, 0.15) is 17.1 Å². The smallest absolute Gasteiger partial charge is 0.453 e. The zero-order valence-electron chi connectivity index (χ0n) is 17.3. The third kappa shape index (κ3) is 3.80. The molecule has 0 amide bonds. The summed E-state index contributed by atoms with van der Waals surface area (Å²) in [5.74, 6) is -0.467. The predicted octanol–water partition coefficient (Wildman–Crippen LogP) is 5.36. The number of aromatic nitrogens is 5. The molecule has 162 valence electrons. The van der Waals surface area contributed by atoms with Crippen LogP contribution in [0, 0.1) is 20.8 Å². The summed E-state index contributed by atoms with van der Waals surface area (Å²) < 4.78 is 49.5. The lowest BCUT2D eigenvalue weighted by atomic mass is 10.2. The Bertz CT molecular complexity index is 1280. The minimum absolute atomic E-state index is 0.0671. The second kappa shape index (κ2) is 7.67. The zero-order valence-corrected chi connectivity index (χ0v) is 18.8. The molecule has 31 heavy (non-hydrogen) atoms. The fraction of sp³-hybridized carbons (Fsp3) is 0.286. The second-order valence-corrected chi connectivity index (χ2v) is 8.02. The largest absolute Gasteiger partial charge is 0.497 e. The first-order valence-electron chi connectivity index (χ1n) is 9.40. The van der Waals surface area contributed by atoms with Crippen LogP contribution in [0.4, 0.5) is 13.2 Å². The molecule has 4 aromatic rings. The van der Waals surface area contributed by atoms with Crippen LogP contribution in [0.25, 0.3) is 17.2 Å². The number of hydrogen-bond acceptors (Lipinski definition) is 4. The Morgan fingerprint density at radius 3 is 2.32 bits per heavy atom. The van der Waals surface area contributed by atoms with E-state index in [1.165, 1.54) is 4.68 Å². The first-order chi connectivity index (χ1) is 14.6. The number of rotatable bonds is 4. The number of fused-ring (bicyclic) bond motifs is 1. The summed E-state index contributed by atoms with van der Waals surface area (Å²) in [4.78, 5) is 8.43. The molecule has 0 bridgehead atoms. The summed E-state index contributed by atoms with van der Waals surface area (Å²) in [5, 5.41) is 3.76. The number of aryl methyl sites for hydroxylation is 3. The number of benzene rings is 1. The molecule has 0 radical (unpaired) electrons. The number of nitrogens with zero attached hydrogens (tertiary/aromatic N) is 5. The summed E-state index contributed by atoms with van der Waals surface area (Å²) in [6.07, 6.45) is -4.66. The fourth-order valence-corrected chi connectivity index (χ4v) is 3.84. The molecule has 0 saturated carbocycles. The standard InChI is InChI=1S/C21H19BrF3N5O/c1-11-9-16-26-18(13(3)30(16)12(2)17(11)22)19-27-20(21(23,24)25)28-29(19)10-14-5-7-15(31-4)8-6-14/h5-9H,10H2,1-4H3. The average Bonchev–Trinajstić information content (AvgIpc) is 3.28. The summed E-state index contributed by atoms with van der Waals surface area (Å²) in [6.45, 7) is 5.78. The SMILES string of the molecule is COc1ccc(Cn2nc(C(F)(F)F)nc2-c2nc3cc(C)c(Br)c(C)n3c2C)cc1. The van der Waals surface area contributed by atoms with Gasteiger partial charge >= 0.3 is 6.18 Å². The highest BCUT2D eigenvalue weighted by atomic mass is 79.9. The molecule has 6 nitrogen and oxygen atoms in total. The molecule has 0 saturated heterocycles. The van der Waals surface area contributed by atoms with Crippen molar-refractivity contribution in [2.24, 2.45) is 0 Å². The Morgan fingerprint density at radius 1 is 1.03 bits per heavy atom. The quantitative estimate of drug-likeness (QED) is 0.384. The lowest BCUT2D eigenvalue weighted by Gasteiger charge is -2.08. The van der Waals surface area contributed by atoms with Crippen molar-refractivity contribution in [3.63, 3.8) is 0 Å². The molecule has 0 unspecified atom stereocenters. The Balaban J connectivity index is 1.88. The lowest BCUT2D eigenvalue weighted by Crippen LogP contribution is -2.09. The van der Waals surface area contributed by atoms with Gasteiger partial charge < -0.3 is 4.74 Å². The van der Waals surface area contributed by atoms with Crippen molar-refractivity contribution >= 4 is 21.6 Å². The fourth-order valence-electron chi connectivity index (χ4n) is 3.55. The van der Waals surface area contributed by atoms with Gasteiger partial charge in [-0.1, -0.05) is 12.1 Å². The van der Waals surface area contributed by atoms with Crippen molar-refractivity contribution in [1.82, 2.24) is 24.1 Å². The first kappa shape index (κ1) is 21.4. The highest BCUT2D eigenvalue weighted by Gasteiger charge is 2.38. The van der Waals surface area contributed by atoms with Crippen LogP contribution in [0.3, 0.4) is 0 Å². The molecule has 0 aliphatic heterocycles. The van der Waals surface area contributed by atoms with E-state index in [9.17, 15) is 13.2 Å². The maximum Gasteiger partial charge on any atom is 0.453 e. The normalized spacial score (nSPS) is 12.0. The number of hydrogen-bond donors (Lipinski definition) is 0.